The predicted octanol–water partition coefficient (Wildman–Crippen LogP) is 4.35. The van der Waals surface area contributed by atoms with Crippen molar-refractivity contribution in [3.63, 3.8) is 0 Å². The third-order valence-corrected chi connectivity index (χ3v) is 5.04. The number of halogens is 1. The molecular formula is C18H15ClN2O3S. The van der Waals surface area contributed by atoms with Gasteiger partial charge in [-0.3, -0.25) is 4.79 Å². The van der Waals surface area contributed by atoms with E-state index in [1.54, 1.807) is 31.2 Å². The molecule has 0 fully saturated rings. The minimum atomic E-state index is -0.617. The number of nitrogens with one attached hydrogen (secondary N) is 1. The molecule has 0 bridgehead atoms. The van der Waals surface area contributed by atoms with Crippen molar-refractivity contribution in [1.29, 1.82) is 5.26 Å². The number of aryl methyl sites for hydroxylation is 1. The highest BCUT2D eigenvalue weighted by molar-refractivity contribution is 7.16. The van der Waals surface area contributed by atoms with Crippen LogP contribution in [0.4, 0.5) is 5.00 Å². The van der Waals surface area contributed by atoms with Gasteiger partial charge < -0.3 is 10.1 Å². The van der Waals surface area contributed by atoms with Gasteiger partial charge in [0.05, 0.1) is 12.7 Å². The molecule has 1 aromatic carbocycles. The number of benzene rings is 1. The number of anilines is 1. The lowest BCUT2D eigenvalue weighted by Crippen LogP contribution is -2.15. The molecule has 0 aliphatic heterocycles. The predicted molar refractivity (Wildman–Crippen MR) is 98.8 cm³/mol. The van der Waals surface area contributed by atoms with E-state index in [1.165, 1.54) is 24.5 Å². The first-order valence-electron chi connectivity index (χ1n) is 7.25. The maximum Gasteiger partial charge on any atom is 0.341 e. The van der Waals surface area contributed by atoms with Crippen molar-refractivity contribution in [2.45, 2.75) is 13.8 Å². The third kappa shape index (κ3) is 4.08. The van der Waals surface area contributed by atoms with E-state index in [1.807, 2.05) is 13.0 Å². The summed E-state index contributed by atoms with van der Waals surface area (Å²) < 4.78 is 4.77. The molecule has 7 heteroatoms. The van der Waals surface area contributed by atoms with Crippen molar-refractivity contribution in [2.75, 3.05) is 12.4 Å². The Labute approximate surface area is 154 Å². The van der Waals surface area contributed by atoms with Gasteiger partial charge in [-0.2, -0.15) is 5.26 Å². The van der Waals surface area contributed by atoms with Crippen LogP contribution in [0.15, 0.2) is 29.8 Å². The quantitative estimate of drug-likeness (QED) is 0.490. The zero-order chi connectivity index (χ0) is 18.6. The Bertz CT molecular complexity index is 910. The smallest absolute Gasteiger partial charge is 0.341 e. The monoisotopic (exact) mass is 374 g/mol. The molecule has 0 saturated heterocycles. The van der Waals surface area contributed by atoms with Crippen molar-refractivity contribution in [2.24, 2.45) is 0 Å². The highest BCUT2D eigenvalue weighted by Gasteiger charge is 2.22. The van der Waals surface area contributed by atoms with Gasteiger partial charge in [0.1, 0.15) is 16.6 Å². The maximum absolute atomic E-state index is 12.5. The number of hydrogen-bond acceptors (Lipinski definition) is 5. The van der Waals surface area contributed by atoms with Crippen LogP contribution in [0.3, 0.4) is 0 Å². The van der Waals surface area contributed by atoms with E-state index in [9.17, 15) is 14.9 Å². The van der Waals surface area contributed by atoms with E-state index in [-0.39, 0.29) is 5.57 Å². The van der Waals surface area contributed by atoms with Gasteiger partial charge in [0.2, 0.25) is 0 Å². The number of esters is 1. The summed E-state index contributed by atoms with van der Waals surface area (Å²) in [6.45, 7) is 3.62. The molecule has 0 atom stereocenters. The Morgan fingerprint density at radius 2 is 2.00 bits per heavy atom. The zero-order valence-corrected chi connectivity index (χ0v) is 15.4. The molecule has 1 amide bonds. The van der Waals surface area contributed by atoms with Gasteiger partial charge >= 0.3 is 5.97 Å². The molecule has 5 nitrogen and oxygen atoms in total. The van der Waals surface area contributed by atoms with Crippen LogP contribution >= 0.6 is 22.9 Å². The minimum absolute atomic E-state index is 0.118. The van der Waals surface area contributed by atoms with Gasteiger partial charge in [-0.15, -0.1) is 11.3 Å². The van der Waals surface area contributed by atoms with Gasteiger partial charge in [0, 0.05) is 9.90 Å². The van der Waals surface area contributed by atoms with Crippen LogP contribution < -0.4 is 5.32 Å². The summed E-state index contributed by atoms with van der Waals surface area (Å²) in [4.78, 5) is 25.3. The number of ether oxygens (including phenoxy) is 1. The lowest BCUT2D eigenvalue weighted by molar-refractivity contribution is -0.112. The fraction of sp³-hybridized carbons (Fsp3) is 0.167. The molecule has 25 heavy (non-hydrogen) atoms. The second-order valence-electron chi connectivity index (χ2n) is 5.12. The van der Waals surface area contributed by atoms with Crippen molar-refractivity contribution in [1.82, 2.24) is 0 Å². The SMILES string of the molecule is COC(=O)c1c(NC(=O)/C(C#N)=C/c2ccccc2Cl)sc(C)c1C. The van der Waals surface area contributed by atoms with Crippen LogP contribution in [0, 0.1) is 25.2 Å². The highest BCUT2D eigenvalue weighted by atomic mass is 35.5. The maximum atomic E-state index is 12.5. The van der Waals surface area contributed by atoms with Gasteiger partial charge in [0.15, 0.2) is 0 Å². The number of carbonyl (C=O) groups is 2. The summed E-state index contributed by atoms with van der Waals surface area (Å²) in [5.41, 5.74) is 1.48. The van der Waals surface area contributed by atoms with E-state index in [4.69, 9.17) is 16.3 Å². The first kappa shape index (κ1) is 18.7. The van der Waals surface area contributed by atoms with Crippen LogP contribution in [-0.2, 0) is 9.53 Å². The number of methoxy groups -OCH3 is 1. The summed E-state index contributed by atoms with van der Waals surface area (Å²) in [5.74, 6) is -1.15. The van der Waals surface area contributed by atoms with Crippen LogP contribution in [0.5, 0.6) is 0 Å². The molecule has 128 valence electrons. The van der Waals surface area contributed by atoms with Gasteiger partial charge in [0.25, 0.3) is 5.91 Å². The molecule has 0 saturated carbocycles. The first-order chi connectivity index (χ1) is 11.9. The average Bonchev–Trinajstić information content (AvgIpc) is 2.87. The van der Waals surface area contributed by atoms with Gasteiger partial charge in [-0.1, -0.05) is 29.8 Å². The lowest BCUT2D eigenvalue weighted by Gasteiger charge is -2.06. The van der Waals surface area contributed by atoms with E-state index in [0.29, 0.717) is 21.2 Å². The van der Waals surface area contributed by atoms with E-state index >= 15 is 0 Å². The number of nitrogens with zero attached hydrogens (tertiary/aromatic N) is 1. The molecule has 1 N–H and O–H groups in total. The highest BCUT2D eigenvalue weighted by Crippen LogP contribution is 2.33. The third-order valence-electron chi connectivity index (χ3n) is 3.57. The Balaban J connectivity index is 2.36. The molecule has 1 aromatic heterocycles. The Kier molecular flexibility index (Phi) is 5.97. The molecule has 2 aromatic rings. The Morgan fingerprint density at radius 1 is 1.32 bits per heavy atom. The summed E-state index contributed by atoms with van der Waals surface area (Å²) >= 11 is 7.31. The zero-order valence-electron chi connectivity index (χ0n) is 13.8. The van der Waals surface area contributed by atoms with Gasteiger partial charge in [-0.05, 0) is 37.1 Å². The van der Waals surface area contributed by atoms with Crippen molar-refractivity contribution >= 4 is 45.9 Å². The Hall–Kier alpha value is -2.62. The standard InChI is InChI=1S/C18H15ClN2O3S/c1-10-11(2)25-17(15(10)18(23)24-3)21-16(22)13(9-20)8-12-6-4-5-7-14(12)19/h4-8H,1-3H3,(H,21,22)/b13-8+. The largest absolute Gasteiger partial charge is 0.465 e. The number of nitriles is 1. The first-order valence-corrected chi connectivity index (χ1v) is 8.44. The average molecular weight is 375 g/mol. The Morgan fingerprint density at radius 3 is 2.60 bits per heavy atom. The molecule has 1 heterocycles. The minimum Gasteiger partial charge on any atom is -0.465 e. The molecular weight excluding hydrogens is 360 g/mol. The van der Waals surface area contributed by atoms with Crippen molar-refractivity contribution < 1.29 is 14.3 Å². The molecule has 0 unspecified atom stereocenters. The number of carbonyl (C=O) groups excluding carboxylic acids is 2. The summed E-state index contributed by atoms with van der Waals surface area (Å²) in [5, 5.41) is 12.7. The fourth-order valence-corrected chi connectivity index (χ4v) is 3.36. The number of thiophene rings is 1. The molecule has 2 rings (SSSR count). The fourth-order valence-electron chi connectivity index (χ4n) is 2.13. The second-order valence-corrected chi connectivity index (χ2v) is 6.76. The summed E-state index contributed by atoms with van der Waals surface area (Å²) in [6.07, 6.45) is 1.41. The number of rotatable bonds is 4. The lowest BCUT2D eigenvalue weighted by atomic mass is 10.1. The molecule has 0 radical (unpaired) electrons. The van der Waals surface area contributed by atoms with E-state index in [0.717, 1.165) is 10.4 Å². The number of amides is 1. The van der Waals surface area contributed by atoms with Crippen molar-refractivity contribution in [3.8, 4) is 6.07 Å². The van der Waals surface area contributed by atoms with Crippen LogP contribution in [-0.4, -0.2) is 19.0 Å². The number of hydrogen-bond donors (Lipinski definition) is 1. The van der Waals surface area contributed by atoms with Crippen LogP contribution in [0.2, 0.25) is 5.02 Å². The molecule has 0 aliphatic rings. The summed E-state index contributed by atoms with van der Waals surface area (Å²) in [7, 11) is 1.28. The summed E-state index contributed by atoms with van der Waals surface area (Å²) in [6, 6.07) is 8.74. The van der Waals surface area contributed by atoms with E-state index < -0.39 is 11.9 Å². The molecule has 0 spiro atoms. The topological polar surface area (TPSA) is 79.2 Å². The van der Waals surface area contributed by atoms with Crippen LogP contribution in [0.25, 0.3) is 6.08 Å². The second kappa shape index (κ2) is 7.97. The van der Waals surface area contributed by atoms with E-state index in [2.05, 4.69) is 5.32 Å². The molecule has 0 aliphatic carbocycles. The van der Waals surface area contributed by atoms with Crippen molar-refractivity contribution in [3.05, 3.63) is 56.4 Å². The normalized spacial score (nSPS) is 10.9. The van der Waals surface area contributed by atoms with Gasteiger partial charge in [-0.25, -0.2) is 4.79 Å². The van der Waals surface area contributed by atoms with Crippen LogP contribution in [0.1, 0.15) is 26.4 Å².